The molecule has 0 saturated heterocycles. The van der Waals surface area contributed by atoms with E-state index in [1.165, 1.54) is 11.1 Å². The van der Waals surface area contributed by atoms with Gasteiger partial charge in [0.15, 0.2) is 0 Å². The highest BCUT2D eigenvalue weighted by atomic mass is 14.7. The van der Waals surface area contributed by atoms with Crippen LogP contribution in [0.1, 0.15) is 5.56 Å². The molecule has 0 amide bonds. The summed E-state index contributed by atoms with van der Waals surface area (Å²) in [6.07, 6.45) is 3.77. The van der Waals surface area contributed by atoms with Crippen molar-refractivity contribution in [3.8, 4) is 11.1 Å². The lowest BCUT2D eigenvalue weighted by molar-refractivity contribution is 1.38. The summed E-state index contributed by atoms with van der Waals surface area (Å²) in [5.74, 6) is 0. The maximum absolute atomic E-state index is 4.59. The zero-order valence-corrected chi connectivity index (χ0v) is 11.7. The van der Waals surface area contributed by atoms with Crippen LogP contribution in [0.4, 0.5) is 0 Å². The Balaban J connectivity index is 2.00. The molecule has 0 fully saturated rings. The topological polar surface area (TPSA) is 25.8 Å². The van der Waals surface area contributed by atoms with Crippen LogP contribution in [-0.2, 0) is 0 Å². The Morgan fingerprint density at radius 3 is 2.52 bits per heavy atom. The largest absolute Gasteiger partial charge is 0.256 e. The highest BCUT2D eigenvalue weighted by Crippen LogP contribution is 2.27. The van der Waals surface area contributed by atoms with E-state index in [0.717, 1.165) is 27.4 Å². The van der Waals surface area contributed by atoms with Gasteiger partial charge in [-0.05, 0) is 30.7 Å². The molecule has 2 heteroatoms. The summed E-state index contributed by atoms with van der Waals surface area (Å²) in [7, 11) is 0. The summed E-state index contributed by atoms with van der Waals surface area (Å²) < 4.78 is 0. The molecule has 0 aliphatic rings. The van der Waals surface area contributed by atoms with Gasteiger partial charge in [0, 0.05) is 28.7 Å². The Bertz CT molecular complexity index is 940. The number of fused-ring (bicyclic) bond motifs is 3. The molecule has 0 bridgehead atoms. The van der Waals surface area contributed by atoms with Crippen molar-refractivity contribution in [3.05, 3.63) is 72.6 Å². The van der Waals surface area contributed by atoms with E-state index in [4.69, 9.17) is 0 Å². The molecule has 2 aromatic carbocycles. The molecule has 2 aromatic heterocycles. The minimum absolute atomic E-state index is 0.983. The lowest BCUT2D eigenvalue weighted by atomic mass is 10.0. The second-order valence-electron chi connectivity index (χ2n) is 5.30. The van der Waals surface area contributed by atoms with Gasteiger partial charge in [-0.3, -0.25) is 9.97 Å². The Kier molecular flexibility index (Phi) is 2.68. The minimum Gasteiger partial charge on any atom is -0.256 e. The second-order valence-corrected chi connectivity index (χ2v) is 5.30. The number of benzene rings is 2. The van der Waals surface area contributed by atoms with Gasteiger partial charge in [0.05, 0.1) is 11.0 Å². The molecule has 21 heavy (non-hydrogen) atoms. The maximum atomic E-state index is 4.59. The summed E-state index contributed by atoms with van der Waals surface area (Å²) in [5, 5.41) is 2.25. The van der Waals surface area contributed by atoms with Crippen molar-refractivity contribution < 1.29 is 0 Å². The van der Waals surface area contributed by atoms with Crippen molar-refractivity contribution in [2.75, 3.05) is 0 Å². The van der Waals surface area contributed by atoms with Gasteiger partial charge < -0.3 is 0 Å². The molecule has 0 atom stereocenters. The fourth-order valence-corrected chi connectivity index (χ4v) is 2.65. The average Bonchev–Trinajstić information content (AvgIpc) is 2.55. The molecular weight excluding hydrogens is 256 g/mol. The number of hydrogen-bond acceptors (Lipinski definition) is 2. The van der Waals surface area contributed by atoms with E-state index in [2.05, 4.69) is 65.4 Å². The number of aryl methyl sites for hydroxylation is 1. The Hall–Kier alpha value is -2.74. The molecule has 0 radical (unpaired) electrons. The molecule has 4 aromatic rings. The fourth-order valence-electron chi connectivity index (χ4n) is 2.65. The van der Waals surface area contributed by atoms with Crippen LogP contribution in [0.5, 0.6) is 0 Å². The third kappa shape index (κ3) is 2.05. The van der Waals surface area contributed by atoms with Gasteiger partial charge in [-0.1, -0.05) is 42.0 Å². The molecule has 0 aliphatic heterocycles. The van der Waals surface area contributed by atoms with Crippen LogP contribution in [0.2, 0.25) is 0 Å². The second kappa shape index (κ2) is 4.67. The summed E-state index contributed by atoms with van der Waals surface area (Å²) in [6, 6.07) is 18.9. The monoisotopic (exact) mass is 270 g/mol. The van der Waals surface area contributed by atoms with Crippen LogP contribution in [-0.4, -0.2) is 9.97 Å². The Labute approximate surface area is 123 Å². The summed E-state index contributed by atoms with van der Waals surface area (Å²) in [6.45, 7) is 2.10. The number of pyridine rings is 2. The maximum Gasteiger partial charge on any atom is 0.0796 e. The SMILES string of the molecule is Cc1ccc(-c2cnc3ccc4cccnc4c3c2)cc1. The molecule has 0 aliphatic carbocycles. The quantitative estimate of drug-likeness (QED) is 0.466. The molecule has 2 heterocycles. The molecule has 0 saturated carbocycles. The van der Waals surface area contributed by atoms with E-state index in [-0.39, 0.29) is 0 Å². The average molecular weight is 270 g/mol. The van der Waals surface area contributed by atoms with Crippen LogP contribution in [0, 0.1) is 6.92 Å². The molecule has 0 N–H and O–H groups in total. The molecular formula is C19H14N2. The first-order valence-corrected chi connectivity index (χ1v) is 7.02. The molecule has 2 nitrogen and oxygen atoms in total. The van der Waals surface area contributed by atoms with E-state index in [0.29, 0.717) is 0 Å². The van der Waals surface area contributed by atoms with Gasteiger partial charge in [-0.15, -0.1) is 0 Å². The first kappa shape index (κ1) is 12.0. The lowest BCUT2D eigenvalue weighted by Gasteiger charge is -2.06. The van der Waals surface area contributed by atoms with Crippen molar-refractivity contribution in [1.82, 2.24) is 9.97 Å². The zero-order valence-electron chi connectivity index (χ0n) is 11.7. The van der Waals surface area contributed by atoms with Gasteiger partial charge in [0.25, 0.3) is 0 Å². The third-order valence-electron chi connectivity index (χ3n) is 3.82. The summed E-state index contributed by atoms with van der Waals surface area (Å²) in [4.78, 5) is 9.11. The lowest BCUT2D eigenvalue weighted by Crippen LogP contribution is -1.86. The number of hydrogen-bond donors (Lipinski definition) is 0. The van der Waals surface area contributed by atoms with E-state index in [1.807, 2.05) is 18.5 Å². The predicted molar refractivity (Wildman–Crippen MR) is 87.2 cm³/mol. The van der Waals surface area contributed by atoms with Crippen LogP contribution < -0.4 is 0 Å². The van der Waals surface area contributed by atoms with Gasteiger partial charge in [-0.25, -0.2) is 0 Å². The summed E-state index contributed by atoms with van der Waals surface area (Å²) >= 11 is 0. The van der Waals surface area contributed by atoms with E-state index >= 15 is 0 Å². The Morgan fingerprint density at radius 1 is 0.810 bits per heavy atom. The van der Waals surface area contributed by atoms with Crippen molar-refractivity contribution in [3.63, 3.8) is 0 Å². The van der Waals surface area contributed by atoms with Gasteiger partial charge >= 0.3 is 0 Å². The molecule has 0 unspecified atom stereocenters. The van der Waals surface area contributed by atoms with Crippen molar-refractivity contribution >= 4 is 21.8 Å². The molecule has 4 rings (SSSR count). The van der Waals surface area contributed by atoms with Gasteiger partial charge in [-0.2, -0.15) is 0 Å². The van der Waals surface area contributed by atoms with Crippen LogP contribution in [0.3, 0.4) is 0 Å². The van der Waals surface area contributed by atoms with Gasteiger partial charge in [0.2, 0.25) is 0 Å². The van der Waals surface area contributed by atoms with Crippen LogP contribution in [0.25, 0.3) is 32.9 Å². The highest BCUT2D eigenvalue weighted by Gasteiger charge is 2.05. The van der Waals surface area contributed by atoms with Crippen molar-refractivity contribution in [2.24, 2.45) is 0 Å². The van der Waals surface area contributed by atoms with E-state index in [9.17, 15) is 0 Å². The van der Waals surface area contributed by atoms with E-state index < -0.39 is 0 Å². The van der Waals surface area contributed by atoms with Crippen LogP contribution in [0.15, 0.2) is 67.0 Å². The first-order chi connectivity index (χ1) is 10.3. The minimum atomic E-state index is 0.983. The number of rotatable bonds is 1. The standard InChI is InChI=1S/C19H14N2/c1-13-4-6-14(7-5-13)16-11-17-18(21-12-16)9-8-15-3-2-10-20-19(15)17/h2-12H,1H3. The van der Waals surface area contributed by atoms with Crippen LogP contribution >= 0.6 is 0 Å². The van der Waals surface area contributed by atoms with Crippen molar-refractivity contribution in [2.45, 2.75) is 6.92 Å². The number of nitrogens with zero attached hydrogens (tertiary/aromatic N) is 2. The van der Waals surface area contributed by atoms with Gasteiger partial charge in [0.1, 0.15) is 0 Å². The van der Waals surface area contributed by atoms with E-state index in [1.54, 1.807) is 0 Å². The Morgan fingerprint density at radius 2 is 1.67 bits per heavy atom. The van der Waals surface area contributed by atoms with Crippen molar-refractivity contribution in [1.29, 1.82) is 0 Å². The zero-order chi connectivity index (χ0) is 14.2. The molecule has 100 valence electrons. The fraction of sp³-hybridized carbons (Fsp3) is 0.0526. The number of aromatic nitrogens is 2. The smallest absolute Gasteiger partial charge is 0.0796 e. The molecule has 0 spiro atoms. The highest BCUT2D eigenvalue weighted by molar-refractivity contribution is 6.04. The normalized spacial score (nSPS) is 11.1. The summed E-state index contributed by atoms with van der Waals surface area (Å²) in [5.41, 5.74) is 5.57. The first-order valence-electron chi connectivity index (χ1n) is 7.02. The third-order valence-corrected chi connectivity index (χ3v) is 3.82. The predicted octanol–water partition coefficient (Wildman–Crippen LogP) is 4.76.